The third-order valence-electron chi connectivity index (χ3n) is 2.07. The van der Waals surface area contributed by atoms with Crippen molar-refractivity contribution < 1.29 is 13.3 Å². The predicted octanol–water partition coefficient (Wildman–Crippen LogP) is 0.759. The molecule has 6 heteroatoms. The first-order chi connectivity index (χ1) is 6.89. The molecule has 0 saturated carbocycles. The molecule has 0 aromatic heterocycles. The lowest BCUT2D eigenvalue weighted by atomic mass is 10.2. The zero-order valence-electron chi connectivity index (χ0n) is 8.89. The van der Waals surface area contributed by atoms with E-state index in [0.717, 1.165) is 4.47 Å². The van der Waals surface area contributed by atoms with E-state index in [0.29, 0.717) is 11.3 Å². The summed E-state index contributed by atoms with van der Waals surface area (Å²) < 4.78 is 24.5. The fourth-order valence-corrected chi connectivity index (χ4v) is 2.38. The molecule has 0 unspecified atom stereocenters. The Bertz CT molecular complexity index is 456. The molecule has 2 N–H and O–H groups in total. The van der Waals surface area contributed by atoms with E-state index in [1.807, 2.05) is 0 Å². The average Bonchev–Trinajstić information content (AvgIpc) is 2.15. The molecule has 0 aliphatic heterocycles. The van der Waals surface area contributed by atoms with Gasteiger partial charge in [-0.1, -0.05) is 4.47 Å². The minimum absolute atomic E-state index is 0.195. The molecule has 5 nitrogen and oxygen atoms in total. The van der Waals surface area contributed by atoms with E-state index < -0.39 is 10.0 Å². The molecule has 0 spiro atoms. The summed E-state index contributed by atoms with van der Waals surface area (Å²) in [5, 5.41) is 0. The van der Waals surface area contributed by atoms with Gasteiger partial charge in [-0.25, -0.2) is 8.42 Å². The molecule has 0 saturated heterocycles. The molecule has 1 aromatic rings. The monoisotopic (exact) mass is 230 g/mol. The zero-order chi connectivity index (χ0) is 11.6. The second-order valence-corrected chi connectivity index (χ2v) is 5.03. The van der Waals surface area contributed by atoms with E-state index >= 15 is 0 Å². The van der Waals surface area contributed by atoms with Gasteiger partial charge in [-0.15, -0.1) is 0 Å². The minimum atomic E-state index is -3.58. The number of nitrogens with two attached hydrogens (primary N) is 1. The summed E-state index contributed by atoms with van der Waals surface area (Å²) >= 11 is 0. The van der Waals surface area contributed by atoms with Crippen LogP contribution in [0.15, 0.2) is 23.1 Å². The molecule has 0 aliphatic carbocycles. The summed E-state index contributed by atoms with van der Waals surface area (Å²) in [5.41, 5.74) is 6.67. The lowest BCUT2D eigenvalue weighted by molar-refractivity contribution is -0.0258. The van der Waals surface area contributed by atoms with E-state index in [2.05, 4.69) is 4.84 Å². The van der Waals surface area contributed by atoms with E-state index in [4.69, 9.17) is 5.73 Å². The summed E-state index contributed by atoms with van der Waals surface area (Å²) in [5.74, 6) is 0. The van der Waals surface area contributed by atoms with Crippen LogP contribution >= 0.6 is 0 Å². The van der Waals surface area contributed by atoms with Crippen LogP contribution in [0, 0.1) is 6.92 Å². The highest BCUT2D eigenvalue weighted by Crippen LogP contribution is 2.20. The van der Waals surface area contributed by atoms with Crippen molar-refractivity contribution in [3.8, 4) is 0 Å². The molecule has 0 atom stereocenters. The first-order valence-electron chi connectivity index (χ1n) is 4.28. The quantitative estimate of drug-likeness (QED) is 0.614. The molecule has 0 fully saturated rings. The van der Waals surface area contributed by atoms with Crippen LogP contribution in [0.5, 0.6) is 0 Å². The SMILES string of the molecule is CON(C)S(=O)(=O)c1ccc(N)cc1C. The van der Waals surface area contributed by atoms with Crippen molar-refractivity contribution in [2.45, 2.75) is 11.8 Å². The van der Waals surface area contributed by atoms with E-state index in [9.17, 15) is 8.42 Å². The maximum atomic E-state index is 11.9. The van der Waals surface area contributed by atoms with Gasteiger partial charge in [0, 0.05) is 12.7 Å². The summed E-state index contributed by atoms with van der Waals surface area (Å²) in [6, 6.07) is 4.62. The number of benzene rings is 1. The Kier molecular flexibility index (Phi) is 3.33. The number of hydroxylamine groups is 1. The van der Waals surface area contributed by atoms with Crippen LogP contribution < -0.4 is 5.73 Å². The summed E-state index contributed by atoms with van der Waals surface area (Å²) in [7, 11) is -0.947. The smallest absolute Gasteiger partial charge is 0.264 e. The van der Waals surface area contributed by atoms with E-state index in [1.165, 1.54) is 20.2 Å². The lowest BCUT2D eigenvalue weighted by Gasteiger charge is -2.15. The van der Waals surface area contributed by atoms with Crippen LogP contribution in [0.4, 0.5) is 5.69 Å². The molecule has 0 amide bonds. The van der Waals surface area contributed by atoms with Gasteiger partial charge in [0.25, 0.3) is 10.0 Å². The largest absolute Gasteiger partial charge is 0.399 e. The van der Waals surface area contributed by atoms with Crippen molar-refractivity contribution in [2.75, 3.05) is 19.9 Å². The summed E-state index contributed by atoms with van der Waals surface area (Å²) in [4.78, 5) is 4.86. The highest BCUT2D eigenvalue weighted by molar-refractivity contribution is 7.89. The van der Waals surface area contributed by atoms with Gasteiger partial charge < -0.3 is 5.73 Å². The number of nitrogen functional groups attached to an aromatic ring is 1. The summed E-state index contributed by atoms with van der Waals surface area (Å²) in [6.45, 7) is 1.69. The second-order valence-electron chi connectivity index (χ2n) is 3.12. The van der Waals surface area contributed by atoms with Crippen molar-refractivity contribution in [1.82, 2.24) is 4.47 Å². The molecular weight excluding hydrogens is 216 g/mol. The number of anilines is 1. The Hall–Kier alpha value is -1.11. The highest BCUT2D eigenvalue weighted by atomic mass is 32.2. The van der Waals surface area contributed by atoms with Crippen molar-refractivity contribution in [3.05, 3.63) is 23.8 Å². The van der Waals surface area contributed by atoms with Crippen molar-refractivity contribution in [3.63, 3.8) is 0 Å². The van der Waals surface area contributed by atoms with E-state index in [-0.39, 0.29) is 4.90 Å². The number of nitrogens with zero attached hydrogens (tertiary/aromatic N) is 1. The standard InChI is InChI=1S/C9H14N2O3S/c1-7-6-8(10)4-5-9(7)15(12,13)11(2)14-3/h4-6H,10H2,1-3H3. The first kappa shape index (κ1) is 12.0. The zero-order valence-corrected chi connectivity index (χ0v) is 9.71. The maximum Gasteiger partial charge on any atom is 0.264 e. The van der Waals surface area contributed by atoms with Gasteiger partial charge in [0.1, 0.15) is 0 Å². The van der Waals surface area contributed by atoms with Crippen LogP contribution in [0.25, 0.3) is 0 Å². The molecule has 15 heavy (non-hydrogen) atoms. The topological polar surface area (TPSA) is 72.6 Å². The molecule has 1 aromatic carbocycles. The van der Waals surface area contributed by atoms with Gasteiger partial charge in [0.15, 0.2) is 0 Å². The number of hydrogen-bond acceptors (Lipinski definition) is 4. The number of rotatable bonds is 3. The van der Waals surface area contributed by atoms with Gasteiger partial charge in [0.05, 0.1) is 12.0 Å². The Labute approximate surface area is 89.5 Å². The lowest BCUT2D eigenvalue weighted by Crippen LogP contribution is -2.26. The molecule has 0 aliphatic rings. The summed E-state index contributed by atoms with van der Waals surface area (Å²) in [6.07, 6.45) is 0. The van der Waals surface area contributed by atoms with Crippen LogP contribution in [0.3, 0.4) is 0 Å². The molecule has 84 valence electrons. The fraction of sp³-hybridized carbons (Fsp3) is 0.333. The van der Waals surface area contributed by atoms with Crippen LogP contribution in [0.1, 0.15) is 5.56 Å². The first-order valence-corrected chi connectivity index (χ1v) is 5.72. The van der Waals surface area contributed by atoms with Gasteiger partial charge in [-0.3, -0.25) is 4.84 Å². The van der Waals surface area contributed by atoms with Gasteiger partial charge in [-0.05, 0) is 30.7 Å². The van der Waals surface area contributed by atoms with Gasteiger partial charge >= 0.3 is 0 Å². The minimum Gasteiger partial charge on any atom is -0.399 e. The van der Waals surface area contributed by atoms with Crippen LogP contribution in [-0.4, -0.2) is 27.0 Å². The third kappa shape index (κ3) is 2.28. The second kappa shape index (κ2) is 4.18. The van der Waals surface area contributed by atoms with Crippen LogP contribution in [-0.2, 0) is 14.9 Å². The molecule has 0 bridgehead atoms. The fourth-order valence-electron chi connectivity index (χ4n) is 1.20. The van der Waals surface area contributed by atoms with E-state index in [1.54, 1.807) is 19.1 Å². The third-order valence-corrected chi connectivity index (χ3v) is 3.91. The molecule has 0 radical (unpaired) electrons. The van der Waals surface area contributed by atoms with Gasteiger partial charge in [-0.2, -0.15) is 0 Å². The number of hydrogen-bond donors (Lipinski definition) is 1. The maximum absolute atomic E-state index is 11.9. The highest BCUT2D eigenvalue weighted by Gasteiger charge is 2.22. The Morgan fingerprint density at radius 3 is 2.47 bits per heavy atom. The van der Waals surface area contributed by atoms with Crippen molar-refractivity contribution >= 4 is 15.7 Å². The van der Waals surface area contributed by atoms with Crippen molar-refractivity contribution in [1.29, 1.82) is 0 Å². The molecular formula is C9H14N2O3S. The predicted molar refractivity (Wildman–Crippen MR) is 57.5 cm³/mol. The normalized spacial score (nSPS) is 12.0. The molecule has 1 rings (SSSR count). The number of sulfonamides is 1. The van der Waals surface area contributed by atoms with Gasteiger partial charge in [0.2, 0.25) is 0 Å². The molecule has 0 heterocycles. The van der Waals surface area contributed by atoms with Crippen molar-refractivity contribution in [2.24, 2.45) is 0 Å². The Morgan fingerprint density at radius 1 is 1.40 bits per heavy atom. The number of aryl methyl sites for hydroxylation is 1. The average molecular weight is 230 g/mol. The van der Waals surface area contributed by atoms with Crippen LogP contribution in [0.2, 0.25) is 0 Å². The Balaban J connectivity index is 3.28. The Morgan fingerprint density at radius 2 is 2.00 bits per heavy atom.